The minimum absolute atomic E-state index is 0.0665. The molecule has 2 heterocycles. The topological polar surface area (TPSA) is 76.9 Å². The van der Waals surface area contributed by atoms with E-state index in [4.69, 9.17) is 0 Å². The third-order valence-corrected chi connectivity index (χ3v) is 6.45. The summed E-state index contributed by atoms with van der Waals surface area (Å²) in [5.41, 5.74) is 0.759. The lowest BCUT2D eigenvalue weighted by Gasteiger charge is -2.12. The molecular weight excluding hydrogens is 348 g/mol. The van der Waals surface area contributed by atoms with E-state index in [1.54, 1.807) is 4.57 Å². The Morgan fingerprint density at radius 3 is 2.69 bits per heavy atom. The van der Waals surface area contributed by atoms with Crippen LogP contribution in [0.25, 0.3) is 10.8 Å². The molecule has 3 aromatic rings. The molecular formula is C19H22N4O2S. The zero-order valence-corrected chi connectivity index (χ0v) is 15.5. The van der Waals surface area contributed by atoms with Crippen molar-refractivity contribution in [1.82, 2.24) is 20.1 Å². The number of aromatic nitrogens is 3. The summed E-state index contributed by atoms with van der Waals surface area (Å²) in [6.45, 7) is 3.39. The van der Waals surface area contributed by atoms with Crippen molar-refractivity contribution in [1.29, 1.82) is 0 Å². The Hall–Kier alpha value is -2.25. The summed E-state index contributed by atoms with van der Waals surface area (Å²) in [6.07, 6.45) is 2.03. The highest BCUT2D eigenvalue weighted by molar-refractivity contribution is 7.90. The maximum atomic E-state index is 13.0. The van der Waals surface area contributed by atoms with Crippen molar-refractivity contribution in [2.75, 3.05) is 6.54 Å². The van der Waals surface area contributed by atoms with Crippen molar-refractivity contribution in [3.05, 3.63) is 53.9 Å². The summed E-state index contributed by atoms with van der Waals surface area (Å²) in [4.78, 5) is 0. The van der Waals surface area contributed by atoms with E-state index in [0.29, 0.717) is 6.54 Å². The minimum Gasteiger partial charge on any atom is -0.307 e. The fourth-order valence-corrected chi connectivity index (χ4v) is 5.07. The monoisotopic (exact) mass is 370 g/mol. The first-order valence-corrected chi connectivity index (χ1v) is 10.6. The molecule has 136 valence electrons. The van der Waals surface area contributed by atoms with Gasteiger partial charge in [-0.05, 0) is 42.6 Å². The average Bonchev–Trinajstić information content (AvgIpc) is 3.30. The van der Waals surface area contributed by atoms with E-state index >= 15 is 0 Å². The molecule has 2 aromatic carbocycles. The van der Waals surface area contributed by atoms with E-state index in [-0.39, 0.29) is 17.0 Å². The molecule has 6 nitrogen and oxygen atoms in total. The van der Waals surface area contributed by atoms with Crippen LogP contribution in [0.15, 0.2) is 47.6 Å². The zero-order valence-electron chi connectivity index (χ0n) is 14.7. The third kappa shape index (κ3) is 3.12. The Morgan fingerprint density at radius 2 is 1.96 bits per heavy atom. The average molecular weight is 370 g/mol. The lowest BCUT2D eigenvalue weighted by Crippen LogP contribution is -2.20. The highest BCUT2D eigenvalue weighted by Gasteiger charge is 2.29. The summed E-state index contributed by atoms with van der Waals surface area (Å²) in [6, 6.07) is 13.8. The number of hydrogen-bond donors (Lipinski definition) is 1. The molecule has 0 radical (unpaired) electrons. The van der Waals surface area contributed by atoms with Crippen LogP contribution in [0.5, 0.6) is 0 Å². The molecule has 0 bridgehead atoms. The molecule has 7 heteroatoms. The Kier molecular flexibility index (Phi) is 4.50. The Morgan fingerprint density at radius 1 is 1.15 bits per heavy atom. The molecule has 0 spiro atoms. The fraction of sp³-hybridized carbons (Fsp3) is 0.368. The van der Waals surface area contributed by atoms with Crippen LogP contribution in [0.4, 0.5) is 0 Å². The normalized spacial score (nSPS) is 17.8. The smallest absolute Gasteiger partial charge is 0.250 e. The highest BCUT2D eigenvalue weighted by atomic mass is 32.2. The molecule has 1 unspecified atom stereocenters. The predicted molar refractivity (Wildman–Crippen MR) is 101 cm³/mol. The van der Waals surface area contributed by atoms with Crippen molar-refractivity contribution in [3.63, 3.8) is 0 Å². The Bertz CT molecular complexity index is 1040. The first kappa shape index (κ1) is 17.2. The lowest BCUT2D eigenvalue weighted by atomic mass is 10.1. The molecule has 0 aliphatic carbocycles. The van der Waals surface area contributed by atoms with Crippen molar-refractivity contribution < 1.29 is 8.42 Å². The van der Waals surface area contributed by atoms with E-state index in [1.165, 1.54) is 0 Å². The number of nitrogens with zero attached hydrogens (tertiary/aromatic N) is 3. The van der Waals surface area contributed by atoms with Crippen molar-refractivity contribution in [3.8, 4) is 0 Å². The number of sulfone groups is 1. The van der Waals surface area contributed by atoms with Gasteiger partial charge in [0, 0.05) is 6.54 Å². The second-order valence-electron chi connectivity index (χ2n) is 6.67. The van der Waals surface area contributed by atoms with Crippen LogP contribution < -0.4 is 5.32 Å². The van der Waals surface area contributed by atoms with Crippen LogP contribution in [0.1, 0.15) is 37.2 Å². The Balaban J connectivity index is 1.67. The molecule has 4 rings (SSSR count). The molecule has 26 heavy (non-hydrogen) atoms. The van der Waals surface area contributed by atoms with Gasteiger partial charge in [-0.2, -0.15) is 0 Å². The van der Waals surface area contributed by atoms with E-state index < -0.39 is 9.84 Å². The molecule has 1 aromatic heterocycles. The van der Waals surface area contributed by atoms with Crippen LogP contribution in [-0.4, -0.2) is 29.7 Å². The molecule has 1 saturated heterocycles. The summed E-state index contributed by atoms with van der Waals surface area (Å²) >= 11 is 0. The molecule has 1 fully saturated rings. The van der Waals surface area contributed by atoms with Gasteiger partial charge in [0.2, 0.25) is 15.0 Å². The molecule has 1 atom stereocenters. The van der Waals surface area contributed by atoms with Gasteiger partial charge in [-0.25, -0.2) is 8.42 Å². The van der Waals surface area contributed by atoms with Gasteiger partial charge >= 0.3 is 0 Å². The van der Waals surface area contributed by atoms with E-state index in [0.717, 1.165) is 41.5 Å². The predicted octanol–water partition coefficient (Wildman–Crippen LogP) is 2.85. The standard InChI is InChI=1S/C19H22N4O2S/c1-2-23-18(17-8-5-11-20-17)21-22-19(23)26(24,25)13-14-9-10-15-6-3-4-7-16(15)12-14/h3-4,6-7,9-10,12,17,20H,2,5,8,11,13H2,1H3. The first-order valence-electron chi connectivity index (χ1n) is 8.95. The highest BCUT2D eigenvalue weighted by Crippen LogP contribution is 2.25. The van der Waals surface area contributed by atoms with Crippen LogP contribution >= 0.6 is 0 Å². The molecule has 1 aliphatic heterocycles. The van der Waals surface area contributed by atoms with E-state index in [1.807, 2.05) is 49.4 Å². The lowest BCUT2D eigenvalue weighted by molar-refractivity contribution is 0.527. The van der Waals surface area contributed by atoms with Gasteiger partial charge in [0.05, 0.1) is 11.8 Å². The number of nitrogens with one attached hydrogen (secondary N) is 1. The number of fused-ring (bicyclic) bond motifs is 1. The van der Waals surface area contributed by atoms with E-state index in [2.05, 4.69) is 15.5 Å². The first-order chi connectivity index (χ1) is 12.6. The quantitative estimate of drug-likeness (QED) is 0.747. The number of benzene rings is 2. The van der Waals surface area contributed by atoms with Gasteiger partial charge in [-0.15, -0.1) is 10.2 Å². The fourth-order valence-electron chi connectivity index (χ4n) is 3.60. The Labute approximate surface area is 153 Å². The second kappa shape index (κ2) is 6.81. The SMILES string of the molecule is CCn1c(C2CCCN2)nnc1S(=O)(=O)Cc1ccc2ccccc2c1. The van der Waals surface area contributed by atoms with Crippen LogP contribution in [0.3, 0.4) is 0 Å². The molecule has 1 aliphatic rings. The van der Waals surface area contributed by atoms with Crippen molar-refractivity contribution >= 4 is 20.6 Å². The maximum absolute atomic E-state index is 13.0. The molecule has 0 amide bonds. The van der Waals surface area contributed by atoms with Gasteiger partial charge < -0.3 is 9.88 Å². The van der Waals surface area contributed by atoms with Crippen molar-refractivity contribution in [2.24, 2.45) is 0 Å². The van der Waals surface area contributed by atoms with Crippen LogP contribution in [-0.2, 0) is 22.1 Å². The van der Waals surface area contributed by atoms with Crippen LogP contribution in [0, 0.1) is 0 Å². The summed E-state index contributed by atoms with van der Waals surface area (Å²) in [7, 11) is -3.57. The third-order valence-electron chi connectivity index (χ3n) is 4.88. The van der Waals surface area contributed by atoms with Gasteiger partial charge in [-0.3, -0.25) is 0 Å². The van der Waals surface area contributed by atoms with Gasteiger partial charge in [0.1, 0.15) is 0 Å². The molecule has 0 saturated carbocycles. The second-order valence-corrected chi connectivity index (χ2v) is 8.56. The summed E-state index contributed by atoms with van der Waals surface area (Å²) < 4.78 is 27.7. The van der Waals surface area contributed by atoms with Crippen LogP contribution in [0.2, 0.25) is 0 Å². The zero-order chi connectivity index (χ0) is 18.1. The van der Waals surface area contributed by atoms with Crippen molar-refractivity contribution in [2.45, 2.75) is 43.3 Å². The van der Waals surface area contributed by atoms with Gasteiger partial charge in [0.25, 0.3) is 0 Å². The largest absolute Gasteiger partial charge is 0.307 e. The minimum atomic E-state index is -3.57. The molecule has 1 N–H and O–H groups in total. The summed E-state index contributed by atoms with van der Waals surface area (Å²) in [5, 5.41) is 13.8. The van der Waals surface area contributed by atoms with Gasteiger partial charge in [0.15, 0.2) is 5.82 Å². The maximum Gasteiger partial charge on any atom is 0.250 e. The summed E-state index contributed by atoms with van der Waals surface area (Å²) in [5.74, 6) is 0.649. The van der Waals surface area contributed by atoms with E-state index in [9.17, 15) is 8.42 Å². The number of hydrogen-bond acceptors (Lipinski definition) is 5. The number of rotatable bonds is 5. The van der Waals surface area contributed by atoms with Gasteiger partial charge in [-0.1, -0.05) is 42.5 Å².